The van der Waals surface area contributed by atoms with Crippen LogP contribution >= 0.6 is 11.8 Å². The van der Waals surface area contributed by atoms with Gasteiger partial charge in [0.25, 0.3) is 0 Å². The highest BCUT2D eigenvalue weighted by atomic mass is 32.2. The molecule has 2 nitrogen and oxygen atoms in total. The predicted octanol–water partition coefficient (Wildman–Crippen LogP) is 9.02. The van der Waals surface area contributed by atoms with Crippen molar-refractivity contribution in [3.05, 3.63) is 93.7 Å². The maximum Gasteiger partial charge on any atom is 0.0890 e. The minimum absolute atomic E-state index is 0.0345. The van der Waals surface area contributed by atoms with Gasteiger partial charge in [0, 0.05) is 20.6 Å². The van der Waals surface area contributed by atoms with Gasteiger partial charge in [-0.15, -0.1) is 0 Å². The van der Waals surface area contributed by atoms with Crippen molar-refractivity contribution in [2.75, 3.05) is 0 Å². The summed E-state index contributed by atoms with van der Waals surface area (Å²) >= 11 is 1.81. The lowest BCUT2D eigenvalue weighted by molar-refractivity contribution is 0.463. The van der Waals surface area contributed by atoms with Gasteiger partial charge < -0.3 is 0 Å². The van der Waals surface area contributed by atoms with Crippen LogP contribution in [-0.4, -0.2) is 10.7 Å². The third-order valence-electron chi connectivity index (χ3n) is 7.05. The van der Waals surface area contributed by atoms with Crippen LogP contribution in [0.25, 0.3) is 10.9 Å². The lowest BCUT2D eigenvalue weighted by Crippen LogP contribution is -2.32. The summed E-state index contributed by atoms with van der Waals surface area (Å²) in [6, 6.07) is 20.1. The van der Waals surface area contributed by atoms with E-state index < -0.39 is 0 Å². The van der Waals surface area contributed by atoms with Gasteiger partial charge >= 0.3 is 0 Å². The minimum Gasteiger partial charge on any atom is -0.250 e. The lowest BCUT2D eigenvalue weighted by atomic mass is 9.74. The second-order valence-corrected chi connectivity index (χ2v) is 12.0. The number of pyridine rings is 1. The number of nitrogens with zero attached hydrogens (tertiary/aromatic N) is 2. The molecule has 0 aliphatic heterocycles. The fourth-order valence-corrected chi connectivity index (χ4v) is 6.51. The number of hydrogen-bond donors (Lipinski definition) is 0. The molecule has 0 spiro atoms. The fraction of sp³-hybridized carbons (Fsp3) is 0.312. The van der Waals surface area contributed by atoms with Gasteiger partial charge in [-0.2, -0.15) is 0 Å². The molecule has 1 aliphatic rings. The van der Waals surface area contributed by atoms with E-state index in [0.29, 0.717) is 0 Å². The van der Waals surface area contributed by atoms with Gasteiger partial charge in [-0.3, -0.25) is 4.99 Å². The van der Waals surface area contributed by atoms with Gasteiger partial charge in [0.05, 0.1) is 22.6 Å². The fourth-order valence-electron chi connectivity index (χ4n) is 5.36. The van der Waals surface area contributed by atoms with Gasteiger partial charge in [-0.1, -0.05) is 61.5 Å². The van der Waals surface area contributed by atoms with Gasteiger partial charge in [0.15, 0.2) is 0 Å². The first-order valence-corrected chi connectivity index (χ1v) is 13.3. The predicted molar refractivity (Wildman–Crippen MR) is 151 cm³/mol. The van der Waals surface area contributed by atoms with E-state index in [-0.39, 0.29) is 5.41 Å². The molecule has 0 radical (unpaired) electrons. The van der Waals surface area contributed by atoms with Crippen LogP contribution in [0, 0.1) is 40.0 Å². The van der Waals surface area contributed by atoms with E-state index in [1.807, 2.05) is 0 Å². The summed E-state index contributed by atoms with van der Waals surface area (Å²) in [5.74, 6) is 0. The van der Waals surface area contributed by atoms with Gasteiger partial charge in [0.1, 0.15) is 0 Å². The molecule has 0 saturated heterocycles. The van der Waals surface area contributed by atoms with Gasteiger partial charge in [-0.05, 0) is 99.5 Å². The van der Waals surface area contributed by atoms with Crippen LogP contribution in [0.2, 0.25) is 0 Å². The van der Waals surface area contributed by atoms with Crippen LogP contribution in [0.3, 0.4) is 0 Å². The highest BCUT2D eigenvalue weighted by molar-refractivity contribution is 7.99. The molecular weight excluding hydrogens is 444 g/mol. The molecular formula is C32H34N2S. The van der Waals surface area contributed by atoms with Crippen LogP contribution in [0.4, 0.5) is 5.69 Å². The second-order valence-electron chi connectivity index (χ2n) is 10.8. The van der Waals surface area contributed by atoms with Gasteiger partial charge in [0.2, 0.25) is 0 Å². The third-order valence-corrected chi connectivity index (χ3v) is 8.08. The number of hydrogen-bond acceptors (Lipinski definition) is 3. The Labute approximate surface area is 213 Å². The minimum atomic E-state index is -0.0345. The Morgan fingerprint density at radius 3 is 2.17 bits per heavy atom. The largest absolute Gasteiger partial charge is 0.250 e. The lowest BCUT2D eigenvalue weighted by Gasteiger charge is -2.33. The summed E-state index contributed by atoms with van der Waals surface area (Å²) in [5, 5.41) is 1.21. The van der Waals surface area contributed by atoms with Crippen molar-refractivity contribution >= 4 is 34.1 Å². The first-order chi connectivity index (χ1) is 16.6. The van der Waals surface area contributed by atoms with Crippen molar-refractivity contribution in [3.8, 4) is 0 Å². The van der Waals surface area contributed by atoms with Crippen LogP contribution in [0.15, 0.2) is 69.4 Å². The number of benzene rings is 3. The number of aromatic nitrogens is 1. The Hall–Kier alpha value is -2.91. The Balaban J connectivity index is 1.69. The maximum atomic E-state index is 5.36. The number of fused-ring (bicyclic) bond motifs is 2. The number of aryl methyl sites for hydroxylation is 6. The first kappa shape index (κ1) is 23.8. The van der Waals surface area contributed by atoms with Crippen LogP contribution in [0.1, 0.15) is 59.3 Å². The molecule has 0 saturated carbocycles. The van der Waals surface area contributed by atoms with E-state index in [2.05, 4.69) is 103 Å². The molecule has 0 fully saturated rings. The molecule has 0 bridgehead atoms. The zero-order chi connectivity index (χ0) is 24.9. The molecule has 35 heavy (non-hydrogen) atoms. The number of para-hydroxylation sites is 1. The summed E-state index contributed by atoms with van der Waals surface area (Å²) in [4.78, 5) is 13.2. The SMILES string of the molecule is Cc1cc(C)cc(Sc2cccc3cc4c(nc23)/C(=N/c2c(C)cc(C)cc2C)C(C)(C)CC4)c1. The monoisotopic (exact) mass is 478 g/mol. The molecule has 5 rings (SSSR count). The van der Waals surface area contributed by atoms with E-state index in [1.165, 1.54) is 48.6 Å². The Morgan fingerprint density at radius 2 is 1.49 bits per heavy atom. The van der Waals surface area contributed by atoms with Crippen molar-refractivity contribution in [1.82, 2.24) is 4.98 Å². The normalized spacial score (nSPS) is 16.0. The molecule has 4 aromatic rings. The average molecular weight is 479 g/mol. The van der Waals surface area contributed by atoms with E-state index in [4.69, 9.17) is 9.98 Å². The molecule has 0 N–H and O–H groups in total. The Kier molecular flexibility index (Phi) is 6.09. The molecule has 3 heteroatoms. The Morgan fingerprint density at radius 1 is 0.829 bits per heavy atom. The maximum absolute atomic E-state index is 5.36. The van der Waals surface area contributed by atoms with E-state index in [9.17, 15) is 0 Å². The molecule has 3 aromatic carbocycles. The van der Waals surface area contributed by atoms with E-state index >= 15 is 0 Å². The highest BCUT2D eigenvalue weighted by Gasteiger charge is 2.34. The second kappa shape index (κ2) is 8.95. The molecule has 1 aliphatic carbocycles. The Bertz CT molecular complexity index is 1450. The summed E-state index contributed by atoms with van der Waals surface area (Å²) in [6.07, 6.45) is 2.11. The van der Waals surface area contributed by atoms with Gasteiger partial charge in [-0.25, -0.2) is 4.98 Å². The van der Waals surface area contributed by atoms with E-state index in [1.54, 1.807) is 11.8 Å². The summed E-state index contributed by atoms with van der Waals surface area (Å²) in [7, 11) is 0. The topological polar surface area (TPSA) is 25.2 Å². The molecule has 0 atom stereocenters. The highest BCUT2D eigenvalue weighted by Crippen LogP contribution is 2.40. The number of aliphatic imine (C=N–C) groups is 1. The van der Waals surface area contributed by atoms with Crippen molar-refractivity contribution in [2.45, 2.75) is 71.1 Å². The van der Waals surface area contributed by atoms with E-state index in [0.717, 1.165) is 35.5 Å². The van der Waals surface area contributed by atoms with Crippen LogP contribution in [0.5, 0.6) is 0 Å². The van der Waals surface area contributed by atoms with Crippen LogP contribution < -0.4 is 0 Å². The van der Waals surface area contributed by atoms with Crippen molar-refractivity contribution in [1.29, 1.82) is 0 Å². The number of rotatable bonds is 3. The first-order valence-electron chi connectivity index (χ1n) is 12.5. The zero-order valence-electron chi connectivity index (χ0n) is 21.9. The van der Waals surface area contributed by atoms with Crippen molar-refractivity contribution < 1.29 is 0 Å². The molecule has 0 unspecified atom stereocenters. The zero-order valence-corrected chi connectivity index (χ0v) is 22.7. The summed E-state index contributed by atoms with van der Waals surface area (Å²) in [5.41, 5.74) is 11.9. The standard InChI is InChI=1S/C32H34N2S/c1-19-13-20(2)17-26(16-19)35-27-10-8-9-24-18-25-11-12-32(6,7)31(30(25)33-29(24)27)34-28-22(4)14-21(3)15-23(28)5/h8-10,13-18H,11-12H2,1-7H3/b34-31-. The smallest absolute Gasteiger partial charge is 0.0890 e. The molecule has 0 amide bonds. The summed E-state index contributed by atoms with van der Waals surface area (Å²) in [6.45, 7) is 15.4. The quantitative estimate of drug-likeness (QED) is 0.293. The van der Waals surface area contributed by atoms with Crippen molar-refractivity contribution in [2.24, 2.45) is 10.4 Å². The molecule has 1 aromatic heterocycles. The van der Waals surface area contributed by atoms with Crippen molar-refractivity contribution in [3.63, 3.8) is 0 Å². The summed E-state index contributed by atoms with van der Waals surface area (Å²) < 4.78 is 0. The van der Waals surface area contributed by atoms with Crippen LogP contribution in [-0.2, 0) is 6.42 Å². The average Bonchev–Trinajstić information content (AvgIpc) is 2.76. The molecule has 178 valence electrons. The third kappa shape index (κ3) is 4.67. The molecule has 1 heterocycles.